The van der Waals surface area contributed by atoms with Crippen LogP contribution >= 0.6 is 0 Å². The summed E-state index contributed by atoms with van der Waals surface area (Å²) in [6, 6.07) is 5.56. The average molecular weight is 366 g/mol. The molecule has 4 rings (SSSR count). The van der Waals surface area contributed by atoms with Crippen molar-refractivity contribution in [2.45, 2.75) is 19.3 Å². The van der Waals surface area contributed by atoms with Crippen LogP contribution in [0.5, 0.6) is 0 Å². The second-order valence-electron chi connectivity index (χ2n) is 6.18. The minimum absolute atomic E-state index is 0.154. The molecule has 4 heterocycles. The van der Waals surface area contributed by atoms with Crippen LogP contribution in [-0.4, -0.2) is 43.4 Å². The number of carbonyl (C=O) groups is 2. The molecule has 3 aromatic rings. The van der Waals surface area contributed by atoms with E-state index in [1.165, 1.54) is 0 Å². The summed E-state index contributed by atoms with van der Waals surface area (Å²) >= 11 is 0. The third-order valence-electron chi connectivity index (χ3n) is 4.51. The lowest BCUT2D eigenvalue weighted by molar-refractivity contribution is -0.116. The van der Waals surface area contributed by atoms with Crippen molar-refractivity contribution in [2.24, 2.45) is 7.05 Å². The van der Waals surface area contributed by atoms with Crippen LogP contribution < -0.4 is 5.32 Å². The molecule has 1 amide bonds. The highest BCUT2D eigenvalue weighted by atomic mass is 16.5. The van der Waals surface area contributed by atoms with E-state index in [9.17, 15) is 9.59 Å². The number of hydrogen-bond acceptors (Lipinski definition) is 6. The molecule has 9 nitrogen and oxygen atoms in total. The Morgan fingerprint density at radius 3 is 3.00 bits per heavy atom. The number of esters is 1. The van der Waals surface area contributed by atoms with Gasteiger partial charge in [-0.25, -0.2) is 4.79 Å². The van der Waals surface area contributed by atoms with Crippen LogP contribution in [0.3, 0.4) is 0 Å². The van der Waals surface area contributed by atoms with Gasteiger partial charge in [-0.3, -0.25) is 19.6 Å². The zero-order valence-electron chi connectivity index (χ0n) is 14.9. The summed E-state index contributed by atoms with van der Waals surface area (Å²) in [5.74, 6) is -0.453. The smallest absolute Gasteiger partial charge is 0.356 e. The summed E-state index contributed by atoms with van der Waals surface area (Å²) in [5, 5.41) is 14.1. The van der Waals surface area contributed by atoms with Crippen LogP contribution in [0.25, 0.3) is 11.4 Å². The molecule has 9 heteroatoms. The van der Waals surface area contributed by atoms with Crippen molar-refractivity contribution in [1.29, 1.82) is 0 Å². The Morgan fingerprint density at radius 1 is 1.41 bits per heavy atom. The number of rotatable bonds is 4. The van der Waals surface area contributed by atoms with Gasteiger partial charge in [0.15, 0.2) is 0 Å². The van der Waals surface area contributed by atoms with E-state index in [1.54, 1.807) is 31.0 Å². The number of aromatic amines is 1. The number of anilines is 1. The van der Waals surface area contributed by atoms with Crippen molar-refractivity contribution in [2.75, 3.05) is 11.9 Å². The molecule has 1 aliphatic heterocycles. The van der Waals surface area contributed by atoms with E-state index in [2.05, 4.69) is 25.6 Å². The molecule has 0 spiro atoms. The van der Waals surface area contributed by atoms with Crippen LogP contribution in [0.4, 0.5) is 5.82 Å². The SMILES string of the molecule is CCOC(=O)c1[nH]ncc1[C@H]1CC(=O)Nc2c1c(-c1ccccn1)nn2C. The molecule has 0 bridgehead atoms. The van der Waals surface area contributed by atoms with Crippen LogP contribution in [0.15, 0.2) is 30.6 Å². The largest absolute Gasteiger partial charge is 0.461 e. The number of nitrogens with zero attached hydrogens (tertiary/aromatic N) is 4. The van der Waals surface area contributed by atoms with Crippen molar-refractivity contribution in [3.63, 3.8) is 0 Å². The predicted octanol–water partition coefficient (Wildman–Crippen LogP) is 1.86. The molecule has 0 saturated heterocycles. The fourth-order valence-corrected chi connectivity index (χ4v) is 3.37. The average Bonchev–Trinajstić information content (AvgIpc) is 3.28. The van der Waals surface area contributed by atoms with Gasteiger partial charge in [-0.15, -0.1) is 0 Å². The monoisotopic (exact) mass is 366 g/mol. The number of pyridine rings is 1. The third kappa shape index (κ3) is 2.86. The Kier molecular flexibility index (Phi) is 4.19. The van der Waals surface area contributed by atoms with Gasteiger partial charge in [0.1, 0.15) is 17.2 Å². The van der Waals surface area contributed by atoms with Crippen molar-refractivity contribution >= 4 is 17.7 Å². The van der Waals surface area contributed by atoms with Crippen molar-refractivity contribution in [3.05, 3.63) is 47.4 Å². The fraction of sp³-hybridized carbons (Fsp3) is 0.278. The van der Waals surface area contributed by atoms with Gasteiger partial charge in [-0.1, -0.05) is 6.07 Å². The second-order valence-corrected chi connectivity index (χ2v) is 6.18. The summed E-state index contributed by atoms with van der Waals surface area (Å²) < 4.78 is 6.73. The quantitative estimate of drug-likeness (QED) is 0.681. The molecule has 0 fully saturated rings. The first-order chi connectivity index (χ1) is 13.1. The van der Waals surface area contributed by atoms with E-state index in [4.69, 9.17) is 4.74 Å². The first kappa shape index (κ1) is 17.0. The standard InChI is InChI=1S/C18H18N6O3/c1-3-27-18(26)15-11(9-20-22-15)10-8-13(25)21-17-14(10)16(23-24(17)2)12-6-4-5-7-19-12/h4-7,9-10H,3,8H2,1-2H3,(H,20,22)(H,21,25)/t10-/m1/s1. The molecule has 2 N–H and O–H groups in total. The summed E-state index contributed by atoms with van der Waals surface area (Å²) in [6.45, 7) is 1.99. The number of aryl methyl sites for hydroxylation is 1. The Balaban J connectivity index is 1.88. The van der Waals surface area contributed by atoms with Gasteiger partial charge in [0.25, 0.3) is 0 Å². The zero-order valence-corrected chi connectivity index (χ0v) is 14.9. The number of amides is 1. The molecular formula is C18H18N6O3. The van der Waals surface area contributed by atoms with Crippen LogP contribution in [-0.2, 0) is 16.6 Å². The van der Waals surface area contributed by atoms with Gasteiger partial charge < -0.3 is 10.1 Å². The molecule has 0 aromatic carbocycles. The minimum Gasteiger partial charge on any atom is -0.461 e. The van der Waals surface area contributed by atoms with E-state index < -0.39 is 11.9 Å². The summed E-state index contributed by atoms with van der Waals surface area (Å²) in [5.41, 5.74) is 3.02. The van der Waals surface area contributed by atoms with Crippen molar-refractivity contribution < 1.29 is 14.3 Å². The molecule has 0 radical (unpaired) electrons. The molecule has 1 atom stereocenters. The van der Waals surface area contributed by atoms with Gasteiger partial charge in [0.05, 0.1) is 18.5 Å². The Labute approximate surface area is 154 Å². The van der Waals surface area contributed by atoms with Crippen LogP contribution in [0, 0.1) is 0 Å². The number of ether oxygens (including phenoxy) is 1. The molecule has 3 aromatic heterocycles. The normalized spacial score (nSPS) is 15.9. The van der Waals surface area contributed by atoms with Gasteiger partial charge in [0.2, 0.25) is 5.91 Å². The lowest BCUT2D eigenvalue weighted by Crippen LogP contribution is -2.25. The number of hydrogen-bond donors (Lipinski definition) is 2. The van der Waals surface area contributed by atoms with E-state index in [-0.39, 0.29) is 24.6 Å². The molecule has 138 valence electrons. The maximum Gasteiger partial charge on any atom is 0.356 e. The lowest BCUT2D eigenvalue weighted by Gasteiger charge is -2.23. The number of carbonyl (C=O) groups excluding carboxylic acids is 2. The first-order valence-corrected chi connectivity index (χ1v) is 8.58. The highest BCUT2D eigenvalue weighted by Crippen LogP contribution is 2.42. The Morgan fingerprint density at radius 2 is 2.26 bits per heavy atom. The topological polar surface area (TPSA) is 115 Å². The van der Waals surface area contributed by atoms with Gasteiger partial charge in [-0.05, 0) is 19.1 Å². The number of nitrogens with one attached hydrogen (secondary N) is 2. The molecule has 0 unspecified atom stereocenters. The van der Waals surface area contributed by atoms with Crippen molar-refractivity contribution in [1.82, 2.24) is 25.0 Å². The molecular weight excluding hydrogens is 348 g/mol. The fourth-order valence-electron chi connectivity index (χ4n) is 3.37. The minimum atomic E-state index is -0.499. The van der Waals surface area contributed by atoms with E-state index in [1.807, 2.05) is 18.2 Å². The summed E-state index contributed by atoms with van der Waals surface area (Å²) in [4.78, 5) is 29.0. The Bertz CT molecular complexity index is 1010. The highest BCUT2D eigenvalue weighted by molar-refractivity contribution is 5.97. The number of H-pyrrole nitrogens is 1. The van der Waals surface area contributed by atoms with Gasteiger partial charge >= 0.3 is 5.97 Å². The van der Waals surface area contributed by atoms with E-state index in [0.29, 0.717) is 22.8 Å². The number of aromatic nitrogens is 5. The van der Waals surface area contributed by atoms with Gasteiger partial charge in [-0.2, -0.15) is 10.2 Å². The molecule has 0 aliphatic carbocycles. The maximum absolute atomic E-state index is 12.3. The third-order valence-corrected chi connectivity index (χ3v) is 4.51. The lowest BCUT2D eigenvalue weighted by atomic mass is 9.85. The van der Waals surface area contributed by atoms with E-state index in [0.717, 1.165) is 5.56 Å². The second kappa shape index (κ2) is 6.67. The zero-order chi connectivity index (χ0) is 19.0. The van der Waals surface area contributed by atoms with E-state index >= 15 is 0 Å². The maximum atomic E-state index is 12.3. The van der Waals surface area contributed by atoms with Gasteiger partial charge in [0, 0.05) is 36.7 Å². The van der Waals surface area contributed by atoms with Crippen LogP contribution in [0.1, 0.15) is 40.9 Å². The van der Waals surface area contributed by atoms with Crippen LogP contribution in [0.2, 0.25) is 0 Å². The summed E-state index contributed by atoms with van der Waals surface area (Å²) in [7, 11) is 1.76. The number of fused-ring (bicyclic) bond motifs is 1. The predicted molar refractivity (Wildman–Crippen MR) is 96.1 cm³/mol. The highest BCUT2D eigenvalue weighted by Gasteiger charge is 2.36. The first-order valence-electron chi connectivity index (χ1n) is 8.58. The molecule has 0 saturated carbocycles. The Hall–Kier alpha value is -3.49. The summed E-state index contributed by atoms with van der Waals surface area (Å²) in [6.07, 6.45) is 3.42. The molecule has 1 aliphatic rings. The molecule has 27 heavy (non-hydrogen) atoms. The van der Waals surface area contributed by atoms with Crippen molar-refractivity contribution in [3.8, 4) is 11.4 Å².